The van der Waals surface area contributed by atoms with Crippen molar-refractivity contribution in [2.45, 2.75) is 24.3 Å². The fraction of sp³-hybridized carbons (Fsp3) is 0.200. The number of benzene rings is 2. The van der Waals surface area contributed by atoms with Crippen molar-refractivity contribution < 1.29 is 13.6 Å². The van der Waals surface area contributed by atoms with Crippen LogP contribution in [0.2, 0.25) is 0 Å². The van der Waals surface area contributed by atoms with Crippen molar-refractivity contribution in [1.29, 1.82) is 0 Å². The van der Waals surface area contributed by atoms with Crippen LogP contribution in [0.5, 0.6) is 5.75 Å². The molecule has 0 amide bonds. The zero-order chi connectivity index (χ0) is 19.5. The molecule has 0 radical (unpaired) electrons. The molecule has 0 N–H and O–H groups in total. The van der Waals surface area contributed by atoms with Gasteiger partial charge in [0.15, 0.2) is 0 Å². The largest absolute Gasteiger partial charge is 0.497 e. The summed E-state index contributed by atoms with van der Waals surface area (Å²) in [6.45, 7) is 3.96. The van der Waals surface area contributed by atoms with Crippen LogP contribution in [0, 0.1) is 6.92 Å². The van der Waals surface area contributed by atoms with Gasteiger partial charge in [-0.2, -0.15) is 0 Å². The molecule has 0 saturated heterocycles. The van der Waals surface area contributed by atoms with E-state index >= 15 is 0 Å². The number of methoxy groups -OCH3 is 1. The molecule has 2 heterocycles. The molecular formula is C20H18N4O3S. The van der Waals surface area contributed by atoms with Crippen molar-refractivity contribution >= 4 is 11.8 Å². The molecule has 0 saturated carbocycles. The van der Waals surface area contributed by atoms with E-state index in [0.717, 1.165) is 22.4 Å². The molecule has 0 fully saturated rings. The summed E-state index contributed by atoms with van der Waals surface area (Å²) in [7, 11) is 1.63. The quantitative estimate of drug-likeness (QED) is 0.424. The van der Waals surface area contributed by atoms with Crippen LogP contribution in [0.1, 0.15) is 23.6 Å². The Morgan fingerprint density at radius 3 is 2.39 bits per heavy atom. The maximum atomic E-state index is 5.81. The summed E-state index contributed by atoms with van der Waals surface area (Å²) in [5, 5.41) is 16.9. The number of ether oxygens (including phenoxy) is 1. The van der Waals surface area contributed by atoms with Crippen LogP contribution in [0.3, 0.4) is 0 Å². The van der Waals surface area contributed by atoms with Gasteiger partial charge in [0.1, 0.15) is 5.75 Å². The minimum absolute atomic E-state index is 0.135. The van der Waals surface area contributed by atoms with Gasteiger partial charge in [0.2, 0.25) is 17.7 Å². The second-order valence-corrected chi connectivity index (χ2v) is 7.41. The maximum absolute atomic E-state index is 5.81. The standard InChI is InChI=1S/C20H18N4O3S/c1-12-6-4-5-7-16(12)19-23-24-20(27-19)28-13(2)17-21-22-18(26-17)14-8-10-15(25-3)11-9-14/h4-11,13H,1-3H3/t13-/m1/s1. The summed E-state index contributed by atoms with van der Waals surface area (Å²) in [4.78, 5) is 0. The normalized spacial score (nSPS) is 12.1. The fourth-order valence-corrected chi connectivity index (χ4v) is 3.34. The average molecular weight is 394 g/mol. The van der Waals surface area contributed by atoms with E-state index < -0.39 is 0 Å². The number of nitrogens with zero attached hydrogens (tertiary/aromatic N) is 4. The van der Waals surface area contributed by atoms with E-state index in [-0.39, 0.29) is 5.25 Å². The van der Waals surface area contributed by atoms with Crippen LogP contribution in [0.25, 0.3) is 22.9 Å². The van der Waals surface area contributed by atoms with Gasteiger partial charge in [0.25, 0.3) is 5.22 Å². The SMILES string of the molecule is COc1ccc(-c2nnc([C@@H](C)Sc3nnc(-c4ccccc4C)o3)o2)cc1. The van der Waals surface area contributed by atoms with Crippen molar-refractivity contribution in [3.63, 3.8) is 0 Å². The van der Waals surface area contributed by atoms with Gasteiger partial charge in [0.05, 0.1) is 12.4 Å². The first kappa shape index (κ1) is 18.2. The third-order valence-electron chi connectivity index (χ3n) is 4.18. The molecule has 0 aliphatic rings. The summed E-state index contributed by atoms with van der Waals surface area (Å²) in [5.41, 5.74) is 2.84. The highest BCUT2D eigenvalue weighted by Gasteiger charge is 2.20. The van der Waals surface area contributed by atoms with Gasteiger partial charge in [-0.3, -0.25) is 0 Å². The molecule has 4 rings (SSSR count). The molecule has 7 nitrogen and oxygen atoms in total. The van der Waals surface area contributed by atoms with E-state index in [0.29, 0.717) is 22.9 Å². The third kappa shape index (κ3) is 3.77. The highest BCUT2D eigenvalue weighted by molar-refractivity contribution is 7.99. The topological polar surface area (TPSA) is 87.1 Å². The van der Waals surface area contributed by atoms with Gasteiger partial charge in [-0.15, -0.1) is 20.4 Å². The Morgan fingerprint density at radius 1 is 0.893 bits per heavy atom. The smallest absolute Gasteiger partial charge is 0.277 e. The number of rotatable bonds is 6. The number of hydrogen-bond donors (Lipinski definition) is 0. The summed E-state index contributed by atoms with van der Waals surface area (Å²) >= 11 is 1.38. The number of aromatic nitrogens is 4. The number of hydrogen-bond acceptors (Lipinski definition) is 8. The molecule has 2 aromatic carbocycles. The molecule has 0 unspecified atom stereocenters. The second-order valence-electron chi connectivity index (χ2n) is 6.12. The highest BCUT2D eigenvalue weighted by atomic mass is 32.2. The van der Waals surface area contributed by atoms with E-state index in [4.69, 9.17) is 13.6 Å². The van der Waals surface area contributed by atoms with Gasteiger partial charge in [-0.25, -0.2) is 0 Å². The van der Waals surface area contributed by atoms with Gasteiger partial charge >= 0.3 is 0 Å². The Morgan fingerprint density at radius 2 is 1.64 bits per heavy atom. The molecular weight excluding hydrogens is 376 g/mol. The average Bonchev–Trinajstić information content (AvgIpc) is 3.38. The van der Waals surface area contributed by atoms with Crippen LogP contribution in [-0.2, 0) is 0 Å². The lowest BCUT2D eigenvalue weighted by Gasteiger charge is -2.02. The summed E-state index contributed by atoms with van der Waals surface area (Å²) in [6, 6.07) is 15.3. The lowest BCUT2D eigenvalue weighted by molar-refractivity contribution is 0.415. The number of aryl methyl sites for hydroxylation is 1. The lowest BCUT2D eigenvalue weighted by Crippen LogP contribution is -1.88. The Bertz CT molecular complexity index is 1080. The molecule has 28 heavy (non-hydrogen) atoms. The van der Waals surface area contributed by atoms with Gasteiger partial charge in [-0.05, 0) is 49.7 Å². The summed E-state index contributed by atoms with van der Waals surface area (Å²) in [6.07, 6.45) is 0. The third-order valence-corrected chi connectivity index (χ3v) is 5.11. The van der Waals surface area contributed by atoms with Gasteiger partial charge in [0, 0.05) is 11.1 Å². The highest BCUT2D eigenvalue weighted by Crippen LogP contribution is 2.36. The Balaban J connectivity index is 1.48. The van der Waals surface area contributed by atoms with Crippen molar-refractivity contribution in [2.24, 2.45) is 0 Å². The van der Waals surface area contributed by atoms with E-state index in [9.17, 15) is 0 Å². The first-order chi connectivity index (χ1) is 13.6. The monoisotopic (exact) mass is 394 g/mol. The van der Waals surface area contributed by atoms with Crippen molar-refractivity contribution in [2.75, 3.05) is 7.11 Å². The van der Waals surface area contributed by atoms with Crippen LogP contribution in [0.15, 0.2) is 62.6 Å². The van der Waals surface area contributed by atoms with E-state index in [2.05, 4.69) is 20.4 Å². The first-order valence-electron chi connectivity index (χ1n) is 8.68. The molecule has 142 valence electrons. The van der Waals surface area contributed by atoms with Gasteiger partial charge < -0.3 is 13.6 Å². The summed E-state index contributed by atoms with van der Waals surface area (Å²) in [5.74, 6) is 2.22. The van der Waals surface area contributed by atoms with Gasteiger partial charge in [-0.1, -0.05) is 30.0 Å². The fourth-order valence-electron chi connectivity index (χ4n) is 2.63. The maximum Gasteiger partial charge on any atom is 0.277 e. The molecule has 0 bridgehead atoms. The summed E-state index contributed by atoms with van der Waals surface area (Å²) < 4.78 is 16.8. The number of thioether (sulfide) groups is 1. The molecule has 4 aromatic rings. The Hall–Kier alpha value is -3.13. The zero-order valence-corrected chi connectivity index (χ0v) is 16.4. The van der Waals surface area contributed by atoms with Crippen molar-refractivity contribution in [3.8, 4) is 28.7 Å². The van der Waals surface area contributed by atoms with Crippen LogP contribution < -0.4 is 4.74 Å². The van der Waals surface area contributed by atoms with Crippen LogP contribution >= 0.6 is 11.8 Å². The molecule has 0 spiro atoms. The minimum Gasteiger partial charge on any atom is -0.497 e. The molecule has 8 heteroatoms. The first-order valence-corrected chi connectivity index (χ1v) is 9.56. The molecule has 2 aromatic heterocycles. The van der Waals surface area contributed by atoms with Crippen LogP contribution in [0.4, 0.5) is 0 Å². The van der Waals surface area contributed by atoms with Crippen molar-refractivity contribution in [1.82, 2.24) is 20.4 Å². The van der Waals surface area contributed by atoms with Crippen molar-refractivity contribution in [3.05, 3.63) is 60.0 Å². The molecule has 0 aliphatic carbocycles. The molecule has 1 atom stereocenters. The Labute approximate surface area is 166 Å². The van der Waals surface area contributed by atoms with E-state index in [1.807, 2.05) is 62.4 Å². The van der Waals surface area contributed by atoms with E-state index in [1.165, 1.54) is 11.8 Å². The molecule has 0 aliphatic heterocycles. The van der Waals surface area contributed by atoms with Crippen LogP contribution in [-0.4, -0.2) is 27.5 Å². The van der Waals surface area contributed by atoms with E-state index in [1.54, 1.807) is 7.11 Å². The predicted molar refractivity (Wildman–Crippen MR) is 105 cm³/mol. The Kier molecular flexibility index (Phi) is 5.12. The lowest BCUT2D eigenvalue weighted by atomic mass is 10.1. The predicted octanol–water partition coefficient (Wildman–Crippen LogP) is 4.96. The zero-order valence-electron chi connectivity index (χ0n) is 15.6. The second kappa shape index (κ2) is 7.85. The minimum atomic E-state index is -0.135.